The van der Waals surface area contributed by atoms with Gasteiger partial charge in [0.15, 0.2) is 0 Å². The van der Waals surface area contributed by atoms with E-state index in [9.17, 15) is 13.6 Å². The van der Waals surface area contributed by atoms with Gasteiger partial charge in [-0.2, -0.15) is 5.10 Å². The summed E-state index contributed by atoms with van der Waals surface area (Å²) in [5.74, 6) is 0. The Labute approximate surface area is 120 Å². The van der Waals surface area contributed by atoms with Crippen LogP contribution in [0.4, 0.5) is 14.5 Å². The number of nitrogens with zero attached hydrogens (tertiary/aromatic N) is 2. The van der Waals surface area contributed by atoms with E-state index in [1.54, 1.807) is 0 Å². The lowest BCUT2D eigenvalue weighted by Crippen LogP contribution is -2.25. The maximum atomic E-state index is 11.9. The van der Waals surface area contributed by atoms with Crippen LogP contribution in [0.2, 0.25) is 5.02 Å². The third kappa shape index (κ3) is 5.42. The van der Waals surface area contributed by atoms with Crippen molar-refractivity contribution in [2.24, 2.45) is 0 Å². The zero-order valence-corrected chi connectivity index (χ0v) is 12.0. The first-order valence-corrected chi connectivity index (χ1v) is 6.79. The van der Waals surface area contributed by atoms with E-state index in [2.05, 4.69) is 10.4 Å². The zero-order valence-electron chi connectivity index (χ0n) is 11.2. The molecule has 0 fully saturated rings. The molecule has 0 saturated heterocycles. The van der Waals surface area contributed by atoms with Gasteiger partial charge in [-0.25, -0.2) is 13.5 Å². The quantitative estimate of drug-likeness (QED) is 0.712. The average molecular weight is 310 g/mol. The number of halogens is 3. The molecule has 0 saturated carbocycles. The molecule has 1 heterocycles. The van der Waals surface area contributed by atoms with E-state index in [4.69, 9.17) is 16.3 Å². The molecule has 0 aromatic carbocycles. The Hall–Kier alpha value is -1.21. The molecule has 1 rings (SSSR count). The molecule has 0 aliphatic carbocycles. The van der Waals surface area contributed by atoms with Gasteiger partial charge in [0.05, 0.1) is 18.5 Å². The molecule has 0 aliphatic rings. The first-order valence-electron chi connectivity index (χ1n) is 6.41. The lowest BCUT2D eigenvalue weighted by atomic mass is 10.3. The summed E-state index contributed by atoms with van der Waals surface area (Å²) in [6, 6.07) is 0. The van der Waals surface area contributed by atoms with Crippen molar-refractivity contribution in [1.82, 2.24) is 9.78 Å². The van der Waals surface area contributed by atoms with Gasteiger partial charge in [-0.05, 0) is 6.42 Å². The summed E-state index contributed by atoms with van der Waals surface area (Å²) in [5, 5.41) is 6.88. The minimum atomic E-state index is -2.48. The number of ether oxygens (including phenoxy) is 1. The third-order valence-electron chi connectivity index (χ3n) is 2.51. The van der Waals surface area contributed by atoms with Crippen LogP contribution < -0.4 is 10.9 Å². The van der Waals surface area contributed by atoms with E-state index in [1.807, 2.05) is 6.92 Å². The molecule has 0 aliphatic heterocycles. The van der Waals surface area contributed by atoms with Gasteiger partial charge in [0, 0.05) is 13.1 Å². The lowest BCUT2D eigenvalue weighted by molar-refractivity contribution is 0.0215. The highest BCUT2D eigenvalue weighted by Gasteiger charge is 2.08. The molecule has 1 aromatic rings. The van der Waals surface area contributed by atoms with Crippen LogP contribution in [0.25, 0.3) is 0 Å². The molecular formula is C12H18ClF2N3O2. The van der Waals surface area contributed by atoms with Crippen molar-refractivity contribution in [2.45, 2.75) is 32.7 Å². The number of alkyl halides is 2. The Kier molecular flexibility index (Phi) is 7.46. The predicted octanol–water partition coefficient (Wildman–Crippen LogP) is 2.39. The van der Waals surface area contributed by atoms with Gasteiger partial charge < -0.3 is 10.1 Å². The highest BCUT2D eigenvalue weighted by molar-refractivity contribution is 6.32. The van der Waals surface area contributed by atoms with Crippen LogP contribution in [-0.2, 0) is 11.3 Å². The van der Waals surface area contributed by atoms with Crippen LogP contribution in [0, 0.1) is 0 Å². The normalized spacial score (nSPS) is 11.1. The summed E-state index contributed by atoms with van der Waals surface area (Å²) >= 11 is 5.94. The van der Waals surface area contributed by atoms with Crippen molar-refractivity contribution in [3.05, 3.63) is 21.6 Å². The minimum absolute atomic E-state index is 0.0463. The average Bonchev–Trinajstić information content (AvgIpc) is 2.41. The van der Waals surface area contributed by atoms with Crippen molar-refractivity contribution in [3.8, 4) is 0 Å². The van der Waals surface area contributed by atoms with Crippen LogP contribution in [0.15, 0.2) is 11.0 Å². The van der Waals surface area contributed by atoms with E-state index in [-0.39, 0.29) is 23.7 Å². The maximum Gasteiger partial charge on any atom is 0.287 e. The number of hydrogen-bond acceptors (Lipinski definition) is 4. The SMILES string of the molecule is CCCCn1ncc(NCCOCC(F)F)c(Cl)c1=O. The van der Waals surface area contributed by atoms with Crippen LogP contribution in [0.3, 0.4) is 0 Å². The first-order chi connectivity index (χ1) is 9.56. The number of nitrogens with one attached hydrogen (secondary N) is 1. The number of unbranched alkanes of at least 4 members (excludes halogenated alkanes) is 1. The molecule has 114 valence electrons. The molecule has 8 heteroatoms. The fraction of sp³-hybridized carbons (Fsp3) is 0.667. The van der Waals surface area contributed by atoms with Gasteiger partial charge in [0.2, 0.25) is 0 Å². The highest BCUT2D eigenvalue weighted by Crippen LogP contribution is 2.14. The van der Waals surface area contributed by atoms with E-state index in [1.165, 1.54) is 10.9 Å². The smallest absolute Gasteiger partial charge is 0.287 e. The maximum absolute atomic E-state index is 11.9. The molecule has 0 bridgehead atoms. The monoisotopic (exact) mass is 309 g/mol. The molecule has 1 aromatic heterocycles. The van der Waals surface area contributed by atoms with Crippen LogP contribution in [0.5, 0.6) is 0 Å². The van der Waals surface area contributed by atoms with Crippen molar-refractivity contribution in [1.29, 1.82) is 0 Å². The Bertz CT molecular complexity index is 469. The standard InChI is InChI=1S/C12H18ClF2N3O2/c1-2-3-5-18-12(19)11(13)9(7-17-18)16-4-6-20-8-10(14)15/h7,10,16H,2-6,8H2,1H3. The largest absolute Gasteiger partial charge is 0.380 e. The fourth-order valence-electron chi connectivity index (χ4n) is 1.49. The molecule has 0 atom stereocenters. The third-order valence-corrected chi connectivity index (χ3v) is 2.88. The molecule has 0 spiro atoms. The topological polar surface area (TPSA) is 56.1 Å². The molecule has 1 N–H and O–H groups in total. The summed E-state index contributed by atoms with van der Waals surface area (Å²) in [6.07, 6.45) is 0.764. The highest BCUT2D eigenvalue weighted by atomic mass is 35.5. The molecule has 20 heavy (non-hydrogen) atoms. The zero-order chi connectivity index (χ0) is 15.0. The number of rotatable bonds is 9. The first kappa shape index (κ1) is 16.8. The fourth-order valence-corrected chi connectivity index (χ4v) is 1.70. The van der Waals surface area contributed by atoms with Crippen molar-refractivity contribution >= 4 is 17.3 Å². The molecule has 0 radical (unpaired) electrons. The van der Waals surface area contributed by atoms with E-state index in [0.29, 0.717) is 12.2 Å². The summed E-state index contributed by atoms with van der Waals surface area (Å²) in [4.78, 5) is 11.9. The van der Waals surface area contributed by atoms with Crippen molar-refractivity contribution in [3.63, 3.8) is 0 Å². The predicted molar refractivity (Wildman–Crippen MR) is 73.7 cm³/mol. The van der Waals surface area contributed by atoms with Crippen LogP contribution in [-0.4, -0.2) is 36.0 Å². The number of aromatic nitrogens is 2. The Morgan fingerprint density at radius 2 is 2.30 bits per heavy atom. The Morgan fingerprint density at radius 3 is 2.95 bits per heavy atom. The van der Waals surface area contributed by atoms with Crippen LogP contribution >= 0.6 is 11.6 Å². The molecule has 0 unspecified atom stereocenters. The molecular weight excluding hydrogens is 292 g/mol. The Morgan fingerprint density at radius 1 is 1.55 bits per heavy atom. The molecule has 5 nitrogen and oxygen atoms in total. The summed E-state index contributed by atoms with van der Waals surface area (Å²) in [6.45, 7) is 2.30. The second-order valence-corrected chi connectivity index (χ2v) is 4.52. The van der Waals surface area contributed by atoms with Crippen LogP contribution in [0.1, 0.15) is 19.8 Å². The van der Waals surface area contributed by atoms with Gasteiger partial charge in [-0.15, -0.1) is 0 Å². The van der Waals surface area contributed by atoms with Gasteiger partial charge in [0.1, 0.15) is 11.6 Å². The minimum Gasteiger partial charge on any atom is -0.380 e. The summed E-state index contributed by atoms with van der Waals surface area (Å²) in [5.41, 5.74) is 0.0173. The molecule has 0 amide bonds. The van der Waals surface area contributed by atoms with E-state index < -0.39 is 13.0 Å². The van der Waals surface area contributed by atoms with Gasteiger partial charge in [0.25, 0.3) is 12.0 Å². The van der Waals surface area contributed by atoms with E-state index >= 15 is 0 Å². The van der Waals surface area contributed by atoms with Gasteiger partial charge >= 0.3 is 0 Å². The lowest BCUT2D eigenvalue weighted by Gasteiger charge is -2.10. The van der Waals surface area contributed by atoms with Gasteiger partial charge in [-0.1, -0.05) is 24.9 Å². The number of aryl methyl sites for hydroxylation is 1. The van der Waals surface area contributed by atoms with Gasteiger partial charge in [-0.3, -0.25) is 4.79 Å². The van der Waals surface area contributed by atoms with Crippen molar-refractivity contribution in [2.75, 3.05) is 25.1 Å². The second-order valence-electron chi connectivity index (χ2n) is 4.15. The summed E-state index contributed by atoms with van der Waals surface area (Å²) in [7, 11) is 0. The number of anilines is 1. The number of hydrogen-bond donors (Lipinski definition) is 1. The van der Waals surface area contributed by atoms with E-state index in [0.717, 1.165) is 12.8 Å². The van der Waals surface area contributed by atoms with Crippen molar-refractivity contribution < 1.29 is 13.5 Å². The second kappa shape index (κ2) is 8.86. The summed E-state index contributed by atoms with van der Waals surface area (Å²) < 4.78 is 29.7. The Balaban J connectivity index is 2.51.